The van der Waals surface area contributed by atoms with Crippen LogP contribution in [0, 0.1) is 6.92 Å². The summed E-state index contributed by atoms with van der Waals surface area (Å²) in [7, 11) is 0. The minimum atomic E-state index is 0.595. The Hall–Kier alpha value is -2.29. The number of para-hydroxylation sites is 2. The normalized spacial score (nSPS) is 10.1. The van der Waals surface area contributed by atoms with Gasteiger partial charge in [0.25, 0.3) is 0 Å². The van der Waals surface area contributed by atoms with E-state index in [1.165, 1.54) is 0 Å². The average Bonchev–Trinajstić information content (AvgIpc) is 2.48. The van der Waals surface area contributed by atoms with Crippen LogP contribution in [0.15, 0.2) is 42.5 Å². The van der Waals surface area contributed by atoms with Gasteiger partial charge in [-0.15, -0.1) is 0 Å². The lowest BCUT2D eigenvalue weighted by Gasteiger charge is -2.13. The maximum atomic E-state index is 10.9. The smallest absolute Gasteiger partial charge is 0.169 e. The van der Waals surface area contributed by atoms with Crippen LogP contribution in [0.25, 0.3) is 0 Å². The molecule has 0 unspecified atom stereocenters. The molecule has 3 heteroatoms. The molecule has 2 aromatic carbocycles. The molecule has 0 aliphatic rings. The average molecular weight is 270 g/mol. The molecule has 20 heavy (non-hydrogen) atoms. The van der Waals surface area contributed by atoms with Crippen molar-refractivity contribution in [2.45, 2.75) is 20.3 Å². The number of carbonyl (C=O) groups excluding carboxylic acids is 1. The van der Waals surface area contributed by atoms with E-state index in [1.54, 1.807) is 12.1 Å². The molecule has 0 amide bonds. The second-order valence-corrected chi connectivity index (χ2v) is 4.54. The standard InChI is InChI=1S/C17H18O3/c1-3-10-19-15-6-4-5-7-16(15)20-17-11-14(12-18)9-8-13(17)2/h4-9,11-12H,3,10H2,1-2H3. The fourth-order valence-electron chi connectivity index (χ4n) is 1.78. The molecule has 2 rings (SSSR count). The summed E-state index contributed by atoms with van der Waals surface area (Å²) in [6, 6.07) is 12.9. The molecule has 0 heterocycles. The maximum absolute atomic E-state index is 10.9. The van der Waals surface area contributed by atoms with E-state index in [0.717, 1.165) is 18.3 Å². The molecule has 0 aliphatic carbocycles. The molecule has 0 saturated heterocycles. The number of rotatable bonds is 6. The molecule has 0 spiro atoms. The third kappa shape index (κ3) is 3.38. The molecular formula is C17H18O3. The minimum Gasteiger partial charge on any atom is -0.490 e. The quantitative estimate of drug-likeness (QED) is 0.730. The van der Waals surface area contributed by atoms with E-state index in [4.69, 9.17) is 9.47 Å². The third-order valence-corrected chi connectivity index (χ3v) is 2.88. The zero-order valence-electron chi connectivity index (χ0n) is 11.8. The van der Waals surface area contributed by atoms with Crippen molar-refractivity contribution in [1.29, 1.82) is 0 Å². The summed E-state index contributed by atoms with van der Waals surface area (Å²) in [4.78, 5) is 10.9. The molecule has 0 aliphatic heterocycles. The lowest BCUT2D eigenvalue weighted by atomic mass is 10.1. The summed E-state index contributed by atoms with van der Waals surface area (Å²) in [6.45, 7) is 4.65. The number of ether oxygens (including phenoxy) is 2. The fraction of sp³-hybridized carbons (Fsp3) is 0.235. The molecule has 0 radical (unpaired) electrons. The van der Waals surface area contributed by atoms with Gasteiger partial charge >= 0.3 is 0 Å². The Labute approximate surface area is 119 Å². The summed E-state index contributed by atoms with van der Waals surface area (Å²) in [5.41, 5.74) is 1.57. The van der Waals surface area contributed by atoms with Gasteiger partial charge in [-0.3, -0.25) is 4.79 Å². The van der Waals surface area contributed by atoms with Gasteiger partial charge in [0.15, 0.2) is 11.5 Å². The maximum Gasteiger partial charge on any atom is 0.169 e. The largest absolute Gasteiger partial charge is 0.490 e. The van der Waals surface area contributed by atoms with Gasteiger partial charge in [-0.05, 0) is 37.1 Å². The van der Waals surface area contributed by atoms with Gasteiger partial charge in [0.2, 0.25) is 0 Å². The predicted molar refractivity (Wildman–Crippen MR) is 78.9 cm³/mol. The number of aldehydes is 1. The molecule has 0 bridgehead atoms. The summed E-state index contributed by atoms with van der Waals surface area (Å²) >= 11 is 0. The van der Waals surface area contributed by atoms with Crippen molar-refractivity contribution in [3.63, 3.8) is 0 Å². The number of aryl methyl sites for hydroxylation is 1. The topological polar surface area (TPSA) is 35.5 Å². The van der Waals surface area contributed by atoms with Crippen molar-refractivity contribution >= 4 is 6.29 Å². The van der Waals surface area contributed by atoms with E-state index in [2.05, 4.69) is 6.92 Å². The zero-order valence-corrected chi connectivity index (χ0v) is 11.8. The fourth-order valence-corrected chi connectivity index (χ4v) is 1.78. The van der Waals surface area contributed by atoms with Crippen LogP contribution in [0.2, 0.25) is 0 Å². The van der Waals surface area contributed by atoms with Gasteiger partial charge in [-0.1, -0.05) is 31.2 Å². The third-order valence-electron chi connectivity index (χ3n) is 2.88. The van der Waals surface area contributed by atoms with E-state index in [-0.39, 0.29) is 0 Å². The van der Waals surface area contributed by atoms with Crippen molar-refractivity contribution in [1.82, 2.24) is 0 Å². The van der Waals surface area contributed by atoms with Crippen LogP contribution < -0.4 is 9.47 Å². The van der Waals surface area contributed by atoms with Gasteiger partial charge in [-0.2, -0.15) is 0 Å². The Bertz CT molecular complexity index is 591. The van der Waals surface area contributed by atoms with E-state index >= 15 is 0 Å². The first kappa shape index (κ1) is 14.1. The Morgan fingerprint density at radius 1 is 1.05 bits per heavy atom. The van der Waals surface area contributed by atoms with E-state index in [1.807, 2.05) is 37.3 Å². The van der Waals surface area contributed by atoms with Crippen molar-refractivity contribution < 1.29 is 14.3 Å². The molecule has 104 valence electrons. The molecule has 0 atom stereocenters. The summed E-state index contributed by atoms with van der Waals surface area (Å²) < 4.78 is 11.6. The highest BCUT2D eigenvalue weighted by Crippen LogP contribution is 2.33. The first-order chi connectivity index (χ1) is 9.74. The second kappa shape index (κ2) is 6.75. The van der Waals surface area contributed by atoms with Crippen LogP contribution >= 0.6 is 0 Å². The van der Waals surface area contributed by atoms with Gasteiger partial charge in [0.05, 0.1) is 6.61 Å². The molecular weight excluding hydrogens is 252 g/mol. The summed E-state index contributed by atoms with van der Waals surface area (Å²) in [6.07, 6.45) is 1.75. The SMILES string of the molecule is CCCOc1ccccc1Oc1cc(C=O)ccc1C. The van der Waals surface area contributed by atoms with Crippen molar-refractivity contribution in [2.24, 2.45) is 0 Å². The predicted octanol–water partition coefficient (Wildman–Crippen LogP) is 4.39. The molecule has 0 saturated carbocycles. The van der Waals surface area contributed by atoms with Gasteiger partial charge in [0, 0.05) is 5.56 Å². The second-order valence-electron chi connectivity index (χ2n) is 4.54. The van der Waals surface area contributed by atoms with Crippen molar-refractivity contribution in [3.8, 4) is 17.2 Å². The van der Waals surface area contributed by atoms with Crippen LogP contribution in [0.3, 0.4) is 0 Å². The van der Waals surface area contributed by atoms with E-state index in [9.17, 15) is 4.79 Å². The Morgan fingerprint density at radius 2 is 1.80 bits per heavy atom. The van der Waals surface area contributed by atoms with Crippen molar-refractivity contribution in [2.75, 3.05) is 6.61 Å². The Balaban J connectivity index is 2.27. The minimum absolute atomic E-state index is 0.595. The van der Waals surface area contributed by atoms with Crippen LogP contribution in [0.4, 0.5) is 0 Å². The van der Waals surface area contributed by atoms with E-state index in [0.29, 0.717) is 29.4 Å². The molecule has 2 aromatic rings. The monoisotopic (exact) mass is 270 g/mol. The lowest BCUT2D eigenvalue weighted by molar-refractivity contribution is 0.112. The first-order valence-electron chi connectivity index (χ1n) is 6.70. The van der Waals surface area contributed by atoms with E-state index < -0.39 is 0 Å². The van der Waals surface area contributed by atoms with Crippen LogP contribution in [-0.2, 0) is 0 Å². The molecule has 0 aromatic heterocycles. The number of hydrogen-bond acceptors (Lipinski definition) is 3. The van der Waals surface area contributed by atoms with Crippen LogP contribution in [-0.4, -0.2) is 12.9 Å². The lowest BCUT2D eigenvalue weighted by Crippen LogP contribution is -1.98. The Kier molecular flexibility index (Phi) is 4.77. The van der Waals surface area contributed by atoms with Crippen molar-refractivity contribution in [3.05, 3.63) is 53.6 Å². The molecule has 3 nitrogen and oxygen atoms in total. The molecule has 0 fully saturated rings. The van der Waals surface area contributed by atoms with Crippen LogP contribution in [0.1, 0.15) is 29.3 Å². The van der Waals surface area contributed by atoms with Gasteiger partial charge in [0.1, 0.15) is 12.0 Å². The first-order valence-corrected chi connectivity index (χ1v) is 6.70. The van der Waals surface area contributed by atoms with Crippen LogP contribution in [0.5, 0.6) is 17.2 Å². The number of carbonyl (C=O) groups is 1. The number of benzene rings is 2. The van der Waals surface area contributed by atoms with Gasteiger partial charge in [-0.25, -0.2) is 0 Å². The van der Waals surface area contributed by atoms with Gasteiger partial charge < -0.3 is 9.47 Å². The molecule has 0 N–H and O–H groups in total. The number of hydrogen-bond donors (Lipinski definition) is 0. The highest BCUT2D eigenvalue weighted by Gasteiger charge is 2.08. The summed E-state index contributed by atoms with van der Waals surface area (Å²) in [5.74, 6) is 2.04. The highest BCUT2D eigenvalue weighted by atomic mass is 16.5. The zero-order chi connectivity index (χ0) is 14.4. The highest BCUT2D eigenvalue weighted by molar-refractivity contribution is 5.76. The summed E-state index contributed by atoms with van der Waals surface area (Å²) in [5, 5.41) is 0. The Morgan fingerprint density at radius 3 is 2.50 bits per heavy atom.